The first-order chi connectivity index (χ1) is 10.3. The van der Waals surface area contributed by atoms with E-state index in [0.29, 0.717) is 13.1 Å². The summed E-state index contributed by atoms with van der Waals surface area (Å²) in [5.41, 5.74) is -1.03. The van der Waals surface area contributed by atoms with Gasteiger partial charge in [-0.3, -0.25) is 4.90 Å². The van der Waals surface area contributed by atoms with Gasteiger partial charge < -0.3 is 20.1 Å². The number of β-amino-alcohol motifs (C(OH)–C–C–N with tert-alkyl or cyclic N) is 1. The predicted molar refractivity (Wildman–Crippen MR) is 85.9 cm³/mol. The zero-order valence-electron chi connectivity index (χ0n) is 14.2. The van der Waals surface area contributed by atoms with E-state index in [1.165, 1.54) is 0 Å². The summed E-state index contributed by atoms with van der Waals surface area (Å²) in [6, 6.07) is 0. The van der Waals surface area contributed by atoms with Crippen LogP contribution in [0.2, 0.25) is 0 Å². The number of ether oxygens (including phenoxy) is 1. The van der Waals surface area contributed by atoms with Crippen LogP contribution in [0.15, 0.2) is 0 Å². The summed E-state index contributed by atoms with van der Waals surface area (Å²) in [5.74, 6) is 0. The molecular weight excluding hydrogens is 282 g/mol. The fourth-order valence-corrected chi connectivity index (χ4v) is 3.10. The summed E-state index contributed by atoms with van der Waals surface area (Å²) in [6.45, 7) is 11.3. The maximum atomic E-state index is 12.2. The molecule has 1 amide bonds. The van der Waals surface area contributed by atoms with E-state index in [2.05, 4.69) is 10.2 Å². The molecule has 0 aliphatic carbocycles. The first-order valence-corrected chi connectivity index (χ1v) is 8.41. The van der Waals surface area contributed by atoms with Crippen molar-refractivity contribution in [2.45, 2.75) is 51.2 Å². The first-order valence-electron chi connectivity index (χ1n) is 8.41. The van der Waals surface area contributed by atoms with Crippen LogP contribution in [-0.2, 0) is 4.74 Å². The minimum Gasteiger partial charge on any atom is -0.444 e. The summed E-state index contributed by atoms with van der Waals surface area (Å²) in [5, 5.41) is 13.9. The lowest BCUT2D eigenvalue weighted by molar-refractivity contribution is -0.0201. The third kappa shape index (κ3) is 5.41. The second kappa shape index (κ2) is 7.15. The number of hydrogen-bond donors (Lipinski definition) is 2. The van der Waals surface area contributed by atoms with E-state index in [-0.39, 0.29) is 6.09 Å². The standard InChI is InChI=1S/C16H31N3O3/c1-15(2,3)22-14(20)19-10-4-9-18(11-12-19)13-16(21)5-7-17-8-6-16/h17,21H,4-13H2,1-3H3. The number of carbonyl (C=O) groups is 1. The normalized spacial score (nSPS) is 23.9. The average Bonchev–Trinajstić information content (AvgIpc) is 2.62. The molecule has 0 saturated carbocycles. The summed E-state index contributed by atoms with van der Waals surface area (Å²) < 4.78 is 5.45. The van der Waals surface area contributed by atoms with Crippen LogP contribution in [-0.4, -0.2) is 78.0 Å². The summed E-state index contributed by atoms with van der Waals surface area (Å²) in [7, 11) is 0. The molecule has 0 radical (unpaired) electrons. The first kappa shape index (κ1) is 17.5. The molecule has 0 spiro atoms. The van der Waals surface area contributed by atoms with Crippen molar-refractivity contribution in [1.29, 1.82) is 0 Å². The fourth-order valence-electron chi connectivity index (χ4n) is 3.10. The minimum absolute atomic E-state index is 0.227. The third-order valence-corrected chi connectivity index (χ3v) is 4.29. The van der Waals surface area contributed by atoms with Gasteiger partial charge in [-0.25, -0.2) is 4.79 Å². The van der Waals surface area contributed by atoms with Crippen LogP contribution in [0.3, 0.4) is 0 Å². The molecule has 2 rings (SSSR count). The number of nitrogens with one attached hydrogen (secondary N) is 1. The highest BCUT2D eigenvalue weighted by atomic mass is 16.6. The van der Waals surface area contributed by atoms with Crippen LogP contribution in [0.5, 0.6) is 0 Å². The third-order valence-electron chi connectivity index (χ3n) is 4.29. The van der Waals surface area contributed by atoms with Gasteiger partial charge in [-0.15, -0.1) is 0 Å². The Morgan fingerprint density at radius 1 is 1.18 bits per heavy atom. The van der Waals surface area contributed by atoms with E-state index in [0.717, 1.165) is 52.0 Å². The monoisotopic (exact) mass is 313 g/mol. The highest BCUT2D eigenvalue weighted by Crippen LogP contribution is 2.20. The minimum atomic E-state index is -0.577. The second-order valence-corrected chi connectivity index (χ2v) is 7.57. The molecule has 0 bridgehead atoms. The van der Waals surface area contributed by atoms with E-state index in [1.807, 2.05) is 20.8 Å². The fraction of sp³-hybridized carbons (Fsp3) is 0.938. The Labute approximate surface area is 133 Å². The number of aliphatic hydroxyl groups is 1. The number of hydrogen-bond acceptors (Lipinski definition) is 5. The van der Waals surface area contributed by atoms with Gasteiger partial charge in [0.1, 0.15) is 5.60 Å². The lowest BCUT2D eigenvalue weighted by Crippen LogP contribution is -2.50. The molecule has 0 unspecified atom stereocenters. The van der Waals surface area contributed by atoms with Gasteiger partial charge >= 0.3 is 6.09 Å². The molecule has 22 heavy (non-hydrogen) atoms. The van der Waals surface area contributed by atoms with Crippen molar-refractivity contribution in [2.75, 3.05) is 45.8 Å². The van der Waals surface area contributed by atoms with Crippen LogP contribution in [0.25, 0.3) is 0 Å². The Balaban J connectivity index is 1.83. The van der Waals surface area contributed by atoms with Crippen LogP contribution < -0.4 is 5.32 Å². The SMILES string of the molecule is CC(C)(C)OC(=O)N1CCCN(CC2(O)CCNCC2)CC1. The quantitative estimate of drug-likeness (QED) is 0.797. The Bertz CT molecular complexity index is 375. The Hall–Kier alpha value is -0.850. The molecule has 6 nitrogen and oxygen atoms in total. The van der Waals surface area contributed by atoms with Gasteiger partial charge in [0, 0.05) is 32.7 Å². The summed E-state index contributed by atoms with van der Waals surface area (Å²) >= 11 is 0. The number of amides is 1. The van der Waals surface area contributed by atoms with Gasteiger partial charge in [0.15, 0.2) is 0 Å². The Kier molecular flexibility index (Phi) is 5.69. The summed E-state index contributed by atoms with van der Waals surface area (Å²) in [4.78, 5) is 16.2. The van der Waals surface area contributed by atoms with Gasteiger partial charge in [0.25, 0.3) is 0 Å². The molecule has 6 heteroatoms. The summed E-state index contributed by atoms with van der Waals surface area (Å²) in [6.07, 6.45) is 2.31. The lowest BCUT2D eigenvalue weighted by atomic mass is 9.92. The molecule has 2 saturated heterocycles. The van der Waals surface area contributed by atoms with Crippen LogP contribution in [0.1, 0.15) is 40.0 Å². The van der Waals surface area contributed by atoms with Gasteiger partial charge in [0.05, 0.1) is 5.60 Å². The molecular formula is C16H31N3O3. The van der Waals surface area contributed by atoms with Crippen molar-refractivity contribution < 1.29 is 14.6 Å². The van der Waals surface area contributed by atoms with Crippen molar-refractivity contribution in [1.82, 2.24) is 15.1 Å². The van der Waals surface area contributed by atoms with Crippen molar-refractivity contribution in [3.8, 4) is 0 Å². The Morgan fingerprint density at radius 2 is 1.86 bits per heavy atom. The molecule has 0 aromatic heterocycles. The molecule has 0 aromatic carbocycles. The highest BCUT2D eigenvalue weighted by Gasteiger charge is 2.32. The molecule has 0 aromatic rings. The van der Waals surface area contributed by atoms with E-state index < -0.39 is 11.2 Å². The van der Waals surface area contributed by atoms with Gasteiger partial charge in [-0.2, -0.15) is 0 Å². The van der Waals surface area contributed by atoms with Gasteiger partial charge in [-0.1, -0.05) is 0 Å². The maximum Gasteiger partial charge on any atom is 0.410 e. The lowest BCUT2D eigenvalue weighted by Gasteiger charge is -2.37. The predicted octanol–water partition coefficient (Wildman–Crippen LogP) is 1.04. The Morgan fingerprint density at radius 3 is 2.50 bits per heavy atom. The van der Waals surface area contributed by atoms with Crippen LogP contribution in [0, 0.1) is 0 Å². The van der Waals surface area contributed by atoms with E-state index >= 15 is 0 Å². The molecule has 2 aliphatic heterocycles. The largest absolute Gasteiger partial charge is 0.444 e. The number of rotatable bonds is 2. The smallest absolute Gasteiger partial charge is 0.410 e. The van der Waals surface area contributed by atoms with E-state index in [1.54, 1.807) is 4.90 Å². The second-order valence-electron chi connectivity index (χ2n) is 7.57. The van der Waals surface area contributed by atoms with E-state index in [9.17, 15) is 9.90 Å². The maximum absolute atomic E-state index is 12.2. The number of nitrogens with zero attached hydrogens (tertiary/aromatic N) is 2. The van der Waals surface area contributed by atoms with Crippen molar-refractivity contribution in [3.63, 3.8) is 0 Å². The van der Waals surface area contributed by atoms with Crippen LogP contribution in [0.4, 0.5) is 4.79 Å². The molecule has 2 N–H and O–H groups in total. The van der Waals surface area contributed by atoms with Gasteiger partial charge in [-0.05, 0) is 53.1 Å². The number of carbonyl (C=O) groups excluding carboxylic acids is 1. The van der Waals surface area contributed by atoms with Crippen LogP contribution >= 0.6 is 0 Å². The molecule has 128 valence electrons. The molecule has 0 atom stereocenters. The van der Waals surface area contributed by atoms with Crippen molar-refractivity contribution >= 4 is 6.09 Å². The van der Waals surface area contributed by atoms with Crippen molar-refractivity contribution in [2.24, 2.45) is 0 Å². The van der Waals surface area contributed by atoms with Gasteiger partial charge in [0.2, 0.25) is 0 Å². The molecule has 2 fully saturated rings. The van der Waals surface area contributed by atoms with E-state index in [4.69, 9.17) is 4.74 Å². The molecule has 2 aliphatic rings. The number of piperidine rings is 1. The molecule has 2 heterocycles. The topological polar surface area (TPSA) is 65.0 Å². The zero-order chi connectivity index (χ0) is 16.2. The zero-order valence-corrected chi connectivity index (χ0v) is 14.2. The highest BCUT2D eigenvalue weighted by molar-refractivity contribution is 5.68. The average molecular weight is 313 g/mol. The van der Waals surface area contributed by atoms with Crippen molar-refractivity contribution in [3.05, 3.63) is 0 Å².